The van der Waals surface area contributed by atoms with Crippen molar-refractivity contribution in [3.05, 3.63) is 36.7 Å². The molecule has 0 atom stereocenters. The van der Waals surface area contributed by atoms with Crippen molar-refractivity contribution in [1.82, 2.24) is 4.98 Å². The quantitative estimate of drug-likeness (QED) is 0.720. The van der Waals surface area contributed by atoms with E-state index in [2.05, 4.69) is 11.6 Å². The monoisotopic (exact) mass is 302 g/mol. The predicted octanol–water partition coefficient (Wildman–Crippen LogP) is 1.72. The van der Waals surface area contributed by atoms with Gasteiger partial charge in [0.2, 0.25) is 0 Å². The molecule has 0 saturated carbocycles. The summed E-state index contributed by atoms with van der Waals surface area (Å²) in [4.78, 5) is 3.98. The van der Waals surface area contributed by atoms with E-state index in [-0.39, 0.29) is 22.4 Å². The van der Waals surface area contributed by atoms with Crippen molar-refractivity contribution in [3.8, 4) is 0 Å². The molecule has 1 aromatic heterocycles. The van der Waals surface area contributed by atoms with E-state index in [4.69, 9.17) is 0 Å². The van der Waals surface area contributed by atoms with Gasteiger partial charge in [-0.1, -0.05) is 12.6 Å². The topological polar surface area (TPSA) is 12.9 Å². The van der Waals surface area contributed by atoms with Gasteiger partial charge in [0.05, 0.1) is 5.69 Å². The van der Waals surface area contributed by atoms with Gasteiger partial charge < -0.3 is 0 Å². The second-order valence-corrected chi connectivity index (χ2v) is 1.46. The number of nitrogens with zero attached hydrogens (tertiary/aromatic N) is 1. The van der Waals surface area contributed by atoms with Crippen LogP contribution < -0.4 is 0 Å². The van der Waals surface area contributed by atoms with Crippen LogP contribution in [-0.4, -0.2) is 4.98 Å². The Kier molecular flexibility index (Phi) is 4.32. The van der Waals surface area contributed by atoms with E-state index in [1.807, 2.05) is 18.2 Å². The Morgan fingerprint density at radius 1 is 1.44 bits per heavy atom. The normalized spacial score (nSPS) is 7.56. The van der Waals surface area contributed by atoms with Crippen LogP contribution in [0.15, 0.2) is 31.0 Å². The first-order valence-corrected chi connectivity index (χ1v) is 2.47. The average Bonchev–Trinajstić information content (AvgIpc) is 1.90. The zero-order valence-corrected chi connectivity index (χ0v) is 7.01. The molecule has 1 radical (unpaired) electrons. The third kappa shape index (κ3) is 2.61. The Morgan fingerprint density at radius 2 is 2.22 bits per heavy atom. The maximum atomic E-state index is 3.98. The molecule has 0 aliphatic rings. The van der Waals surface area contributed by atoms with Gasteiger partial charge in [-0.05, 0) is 18.2 Å². The van der Waals surface area contributed by atoms with E-state index in [1.165, 1.54) is 0 Å². The van der Waals surface area contributed by atoms with Crippen molar-refractivity contribution in [1.29, 1.82) is 0 Å². The molecule has 0 aliphatic carbocycles. The molecule has 0 aromatic carbocycles. The minimum atomic E-state index is 0. The van der Waals surface area contributed by atoms with Gasteiger partial charge in [0.15, 0.2) is 0 Å². The molecule has 1 aromatic rings. The predicted molar refractivity (Wildman–Crippen MR) is 34.3 cm³/mol. The fourth-order valence-corrected chi connectivity index (χ4v) is 0.497. The Balaban J connectivity index is 0.000000640. The average molecular weight is 302 g/mol. The first-order chi connectivity index (χ1) is 3.93. The molecule has 0 N–H and O–H groups in total. The molecule has 1 rings (SSSR count). The molecule has 51 valence electrons. The Labute approximate surface area is 70.3 Å². The third-order valence-corrected chi connectivity index (χ3v) is 0.897. The molecule has 9 heavy (non-hydrogen) atoms. The zero-order chi connectivity index (χ0) is 5.82. The van der Waals surface area contributed by atoms with E-state index in [0.717, 1.165) is 5.69 Å². The van der Waals surface area contributed by atoms with Crippen molar-refractivity contribution < 1.29 is 22.4 Å². The fourth-order valence-electron chi connectivity index (χ4n) is 0.497. The van der Waals surface area contributed by atoms with Crippen LogP contribution in [-0.2, 0) is 22.4 Å². The molecular formula is C7H7AuN. The molecule has 0 amide bonds. The molecular weight excluding hydrogens is 295 g/mol. The molecule has 0 fully saturated rings. The van der Waals surface area contributed by atoms with Gasteiger partial charge in [0.1, 0.15) is 0 Å². The summed E-state index contributed by atoms with van der Waals surface area (Å²) >= 11 is 0. The molecule has 1 nitrogen and oxygen atoms in total. The van der Waals surface area contributed by atoms with E-state index in [9.17, 15) is 0 Å². The van der Waals surface area contributed by atoms with Crippen molar-refractivity contribution in [2.24, 2.45) is 0 Å². The van der Waals surface area contributed by atoms with Crippen LogP contribution in [0.25, 0.3) is 6.08 Å². The summed E-state index contributed by atoms with van der Waals surface area (Å²) in [6.45, 7) is 3.57. The molecule has 1 heterocycles. The van der Waals surface area contributed by atoms with Gasteiger partial charge in [-0.25, -0.2) is 0 Å². The first kappa shape index (κ1) is 8.63. The Morgan fingerprint density at radius 3 is 2.56 bits per heavy atom. The summed E-state index contributed by atoms with van der Waals surface area (Å²) in [5.74, 6) is 0. The van der Waals surface area contributed by atoms with Crippen LogP contribution >= 0.6 is 0 Å². The first-order valence-electron chi connectivity index (χ1n) is 2.47. The Hall–Kier alpha value is -0.370. The summed E-state index contributed by atoms with van der Waals surface area (Å²) in [5, 5.41) is 0. The molecule has 0 spiro atoms. The van der Waals surface area contributed by atoms with Crippen LogP contribution in [0.3, 0.4) is 0 Å². The van der Waals surface area contributed by atoms with Crippen LogP contribution in [0.2, 0.25) is 0 Å². The minimum absolute atomic E-state index is 0. The van der Waals surface area contributed by atoms with Gasteiger partial charge in [-0.2, -0.15) is 0 Å². The van der Waals surface area contributed by atoms with Crippen molar-refractivity contribution in [3.63, 3.8) is 0 Å². The second kappa shape index (κ2) is 4.50. The van der Waals surface area contributed by atoms with Crippen molar-refractivity contribution >= 4 is 6.08 Å². The Bertz CT molecular complexity index is 172. The molecule has 2 heteroatoms. The number of rotatable bonds is 1. The molecule has 0 bridgehead atoms. The summed E-state index contributed by atoms with van der Waals surface area (Å²) in [6.07, 6.45) is 3.47. The standard InChI is InChI=1S/C7H7N.Au/c1-2-7-5-3-4-6-8-7;/h2-6H,1H2;. The minimum Gasteiger partial charge on any atom is -0.257 e. The van der Waals surface area contributed by atoms with Crippen molar-refractivity contribution in [2.75, 3.05) is 0 Å². The largest absolute Gasteiger partial charge is 0.257 e. The maximum Gasteiger partial charge on any atom is 0.0623 e. The van der Waals surface area contributed by atoms with E-state index in [1.54, 1.807) is 12.3 Å². The molecule has 0 unspecified atom stereocenters. The number of pyridine rings is 1. The second-order valence-electron chi connectivity index (χ2n) is 1.46. The molecule has 0 saturated heterocycles. The third-order valence-electron chi connectivity index (χ3n) is 0.897. The molecule has 0 aliphatic heterocycles. The van der Waals surface area contributed by atoms with E-state index < -0.39 is 0 Å². The summed E-state index contributed by atoms with van der Waals surface area (Å²) in [5.41, 5.74) is 0.924. The van der Waals surface area contributed by atoms with Crippen LogP contribution in [0.1, 0.15) is 5.69 Å². The number of aromatic nitrogens is 1. The SMILES string of the molecule is C=Cc1ccccn1.[Au]. The number of hydrogen-bond donors (Lipinski definition) is 0. The number of hydrogen-bond acceptors (Lipinski definition) is 1. The van der Waals surface area contributed by atoms with Gasteiger partial charge in [-0.3, -0.25) is 4.98 Å². The summed E-state index contributed by atoms with van der Waals surface area (Å²) in [7, 11) is 0. The van der Waals surface area contributed by atoms with Crippen LogP contribution in [0.5, 0.6) is 0 Å². The van der Waals surface area contributed by atoms with Gasteiger partial charge >= 0.3 is 0 Å². The summed E-state index contributed by atoms with van der Waals surface area (Å²) in [6, 6.07) is 5.73. The van der Waals surface area contributed by atoms with Crippen LogP contribution in [0.4, 0.5) is 0 Å². The zero-order valence-electron chi connectivity index (χ0n) is 4.84. The fraction of sp³-hybridized carbons (Fsp3) is 0. The van der Waals surface area contributed by atoms with Gasteiger partial charge in [-0.15, -0.1) is 0 Å². The maximum absolute atomic E-state index is 3.98. The van der Waals surface area contributed by atoms with Gasteiger partial charge in [0, 0.05) is 28.6 Å². The van der Waals surface area contributed by atoms with E-state index in [0.29, 0.717) is 0 Å². The van der Waals surface area contributed by atoms with Crippen molar-refractivity contribution in [2.45, 2.75) is 0 Å². The smallest absolute Gasteiger partial charge is 0.0623 e. The van der Waals surface area contributed by atoms with Crippen LogP contribution in [0, 0.1) is 0 Å². The van der Waals surface area contributed by atoms with E-state index >= 15 is 0 Å². The van der Waals surface area contributed by atoms with Gasteiger partial charge in [0.25, 0.3) is 0 Å². The summed E-state index contributed by atoms with van der Waals surface area (Å²) < 4.78 is 0.